The van der Waals surface area contributed by atoms with Gasteiger partial charge in [0.25, 0.3) is 0 Å². The zero-order valence-corrected chi connectivity index (χ0v) is 23.9. The number of aryl methyl sites for hydroxylation is 3. The highest BCUT2D eigenvalue weighted by Crippen LogP contribution is 2.45. The predicted molar refractivity (Wildman–Crippen MR) is 177 cm³/mol. The maximum atomic E-state index is 5.28. The maximum Gasteiger partial charge on any atom is 0.0974 e. The normalized spacial score (nSPS) is 13.3. The van der Waals surface area contributed by atoms with Crippen molar-refractivity contribution < 1.29 is 0 Å². The second-order valence-electron chi connectivity index (χ2n) is 10.8. The summed E-state index contributed by atoms with van der Waals surface area (Å²) in [5.74, 6) is 0. The first kappa shape index (κ1) is 24.7. The Morgan fingerprint density at radius 1 is 0.775 bits per heavy atom. The van der Waals surface area contributed by atoms with Gasteiger partial charge >= 0.3 is 0 Å². The third-order valence-electron chi connectivity index (χ3n) is 8.08. The minimum atomic E-state index is 0.842. The van der Waals surface area contributed by atoms with Crippen LogP contribution in [0.15, 0.2) is 94.9 Å². The first-order chi connectivity index (χ1) is 19.5. The lowest BCUT2D eigenvalue weighted by molar-refractivity contribution is 1.01. The van der Waals surface area contributed by atoms with Crippen LogP contribution < -0.4 is 0 Å². The number of benzene rings is 5. The molecule has 40 heavy (non-hydrogen) atoms. The summed E-state index contributed by atoms with van der Waals surface area (Å²) in [7, 11) is 0. The fourth-order valence-electron chi connectivity index (χ4n) is 6.08. The summed E-state index contributed by atoms with van der Waals surface area (Å²) in [6.45, 7) is 10.3. The van der Waals surface area contributed by atoms with Gasteiger partial charge in [0.05, 0.1) is 11.4 Å². The SMILES string of the molecule is C=Nc1c(/N=C(\C)c2cccc(-c3cccc4c5c(sc34)C=CCC5)c2)c2cc(C)ccc2c2ccc(C)cc12. The highest BCUT2D eigenvalue weighted by molar-refractivity contribution is 7.20. The number of hydrogen-bond acceptors (Lipinski definition) is 3. The first-order valence-corrected chi connectivity index (χ1v) is 14.6. The molecule has 6 aromatic rings. The number of allylic oxidation sites excluding steroid dienone is 1. The van der Waals surface area contributed by atoms with Gasteiger partial charge in [0.15, 0.2) is 0 Å². The second kappa shape index (κ2) is 9.69. The lowest BCUT2D eigenvalue weighted by Gasteiger charge is -2.14. The average Bonchev–Trinajstić information content (AvgIpc) is 3.36. The first-order valence-electron chi connectivity index (χ1n) is 13.8. The van der Waals surface area contributed by atoms with Gasteiger partial charge in [-0.25, -0.2) is 0 Å². The van der Waals surface area contributed by atoms with Crippen molar-refractivity contribution in [2.24, 2.45) is 9.98 Å². The summed E-state index contributed by atoms with van der Waals surface area (Å²) in [5.41, 5.74) is 10.2. The number of rotatable bonds is 4. The third kappa shape index (κ3) is 4.01. The molecule has 0 aliphatic heterocycles. The molecular weight excluding hydrogens is 504 g/mol. The molecule has 1 aliphatic rings. The zero-order valence-electron chi connectivity index (χ0n) is 23.1. The van der Waals surface area contributed by atoms with Crippen molar-refractivity contribution in [2.75, 3.05) is 0 Å². The summed E-state index contributed by atoms with van der Waals surface area (Å²) in [6.07, 6.45) is 6.84. The molecule has 5 aromatic carbocycles. The fourth-order valence-corrected chi connectivity index (χ4v) is 7.39. The van der Waals surface area contributed by atoms with Crippen molar-refractivity contribution in [3.63, 3.8) is 0 Å². The van der Waals surface area contributed by atoms with Crippen molar-refractivity contribution in [2.45, 2.75) is 33.6 Å². The standard InChI is InChI=1S/C37H30N2S/c1-22-15-17-28-29-18-16-23(2)20-33(29)36(35(38-4)32(28)19-22)39-24(3)25-9-7-10-26(21-25)27-12-8-13-31-30-11-5-6-14-34(30)40-37(27)31/h6-10,12-21H,4-5,11H2,1-3H3/b39-24+. The Morgan fingerprint density at radius 3 is 2.25 bits per heavy atom. The van der Waals surface area contributed by atoms with E-state index in [0.29, 0.717) is 0 Å². The summed E-state index contributed by atoms with van der Waals surface area (Å²) in [4.78, 5) is 11.2. The highest BCUT2D eigenvalue weighted by Gasteiger charge is 2.17. The Kier molecular flexibility index (Phi) is 5.98. The van der Waals surface area contributed by atoms with Gasteiger partial charge in [0.1, 0.15) is 0 Å². The van der Waals surface area contributed by atoms with Crippen LogP contribution in [0.25, 0.3) is 48.8 Å². The van der Waals surface area contributed by atoms with E-state index in [-0.39, 0.29) is 0 Å². The van der Waals surface area contributed by atoms with E-state index in [1.165, 1.54) is 53.6 Å². The van der Waals surface area contributed by atoms with Gasteiger partial charge in [0, 0.05) is 26.1 Å². The number of nitrogens with zero attached hydrogens (tertiary/aromatic N) is 2. The average molecular weight is 535 g/mol. The third-order valence-corrected chi connectivity index (χ3v) is 9.33. The zero-order chi connectivity index (χ0) is 27.4. The van der Waals surface area contributed by atoms with E-state index in [1.807, 2.05) is 11.3 Å². The van der Waals surface area contributed by atoms with Crippen LogP contribution in [0.3, 0.4) is 0 Å². The molecular formula is C37H30N2S. The minimum Gasteiger partial charge on any atom is -0.262 e. The van der Waals surface area contributed by atoms with Gasteiger partial charge in [-0.15, -0.1) is 11.3 Å². The summed E-state index contributed by atoms with van der Waals surface area (Å²) in [6, 6.07) is 28.7. The molecule has 0 bridgehead atoms. The fraction of sp³-hybridized carbons (Fsp3) is 0.135. The quantitative estimate of drug-likeness (QED) is 0.159. The maximum absolute atomic E-state index is 5.28. The molecule has 7 rings (SSSR count). The molecule has 0 amide bonds. The van der Waals surface area contributed by atoms with Crippen molar-refractivity contribution >= 4 is 72.8 Å². The van der Waals surface area contributed by atoms with E-state index in [4.69, 9.17) is 4.99 Å². The molecule has 0 fully saturated rings. The Bertz CT molecular complexity index is 2060. The van der Waals surface area contributed by atoms with E-state index >= 15 is 0 Å². The Balaban J connectivity index is 1.41. The molecule has 0 unspecified atom stereocenters. The lowest BCUT2D eigenvalue weighted by Crippen LogP contribution is -1.95. The molecule has 0 N–H and O–H groups in total. The van der Waals surface area contributed by atoms with E-state index in [9.17, 15) is 0 Å². The highest BCUT2D eigenvalue weighted by atomic mass is 32.1. The molecule has 1 heterocycles. The summed E-state index contributed by atoms with van der Waals surface area (Å²) in [5, 5.41) is 5.97. The van der Waals surface area contributed by atoms with Crippen LogP contribution in [-0.4, -0.2) is 12.4 Å². The van der Waals surface area contributed by atoms with Crippen LogP contribution in [-0.2, 0) is 6.42 Å². The van der Waals surface area contributed by atoms with Crippen LogP contribution in [0.5, 0.6) is 0 Å². The van der Waals surface area contributed by atoms with Crippen molar-refractivity contribution in [1.29, 1.82) is 0 Å². The summed E-state index contributed by atoms with van der Waals surface area (Å²) >= 11 is 1.91. The van der Waals surface area contributed by atoms with Gasteiger partial charge in [-0.3, -0.25) is 9.98 Å². The molecule has 194 valence electrons. The smallest absolute Gasteiger partial charge is 0.0974 e. The van der Waals surface area contributed by atoms with Crippen LogP contribution in [0, 0.1) is 13.8 Å². The van der Waals surface area contributed by atoms with Gasteiger partial charge in [0.2, 0.25) is 0 Å². The molecule has 0 atom stereocenters. The minimum absolute atomic E-state index is 0.842. The lowest BCUT2D eigenvalue weighted by atomic mass is 9.95. The number of hydrogen-bond donors (Lipinski definition) is 0. The van der Waals surface area contributed by atoms with E-state index in [1.54, 1.807) is 0 Å². The predicted octanol–water partition coefficient (Wildman–Crippen LogP) is 10.9. The van der Waals surface area contributed by atoms with Gasteiger partial charge in [-0.2, -0.15) is 0 Å². The number of aliphatic imine (C=N–C) groups is 2. The van der Waals surface area contributed by atoms with Crippen LogP contribution >= 0.6 is 11.3 Å². The monoisotopic (exact) mass is 534 g/mol. The Labute approximate surface area is 239 Å². The number of thiophene rings is 1. The molecule has 1 aromatic heterocycles. The van der Waals surface area contributed by atoms with Crippen LogP contribution in [0.2, 0.25) is 0 Å². The Morgan fingerprint density at radius 2 is 1.50 bits per heavy atom. The van der Waals surface area contributed by atoms with Gasteiger partial charge < -0.3 is 0 Å². The molecule has 0 saturated heterocycles. The molecule has 1 aliphatic carbocycles. The molecule has 0 spiro atoms. The van der Waals surface area contributed by atoms with Crippen molar-refractivity contribution in [3.8, 4) is 11.1 Å². The molecule has 2 nitrogen and oxygen atoms in total. The van der Waals surface area contributed by atoms with Gasteiger partial charge in [-0.1, -0.05) is 77.9 Å². The Hall–Kier alpha value is -4.34. The largest absolute Gasteiger partial charge is 0.262 e. The molecule has 0 radical (unpaired) electrons. The molecule has 0 saturated carbocycles. The van der Waals surface area contributed by atoms with Crippen molar-refractivity contribution in [1.82, 2.24) is 0 Å². The van der Waals surface area contributed by atoms with E-state index < -0.39 is 0 Å². The molecule has 3 heteroatoms. The summed E-state index contributed by atoms with van der Waals surface area (Å²) < 4.78 is 1.37. The van der Waals surface area contributed by atoms with E-state index in [2.05, 4.69) is 123 Å². The van der Waals surface area contributed by atoms with Gasteiger partial charge in [-0.05, 0) is 103 Å². The second-order valence-corrected chi connectivity index (χ2v) is 11.9. The van der Waals surface area contributed by atoms with Crippen LogP contribution in [0.4, 0.5) is 11.4 Å². The van der Waals surface area contributed by atoms with E-state index in [0.717, 1.165) is 46.3 Å². The van der Waals surface area contributed by atoms with Crippen LogP contribution in [0.1, 0.15) is 40.5 Å². The number of fused-ring (bicyclic) bond motifs is 6. The van der Waals surface area contributed by atoms with Crippen molar-refractivity contribution in [3.05, 3.63) is 112 Å². The topological polar surface area (TPSA) is 24.7 Å².